The minimum atomic E-state index is -3.02. The number of nitrogens with one attached hydrogen (secondary N) is 1. The van der Waals surface area contributed by atoms with Crippen LogP contribution in [0.1, 0.15) is 24.4 Å². The van der Waals surface area contributed by atoms with E-state index >= 15 is 0 Å². The fourth-order valence-corrected chi connectivity index (χ4v) is 2.53. The first-order valence-electron chi connectivity index (χ1n) is 5.42. The minimum absolute atomic E-state index is 0.0490. The van der Waals surface area contributed by atoms with E-state index < -0.39 is 21.7 Å². The number of halogens is 2. The van der Waals surface area contributed by atoms with Crippen molar-refractivity contribution >= 4 is 21.4 Å². The molecule has 4 nitrogen and oxygen atoms in total. The van der Waals surface area contributed by atoms with Crippen LogP contribution in [0.2, 0.25) is 5.02 Å². The second-order valence-corrected chi connectivity index (χ2v) is 6.85. The van der Waals surface area contributed by atoms with E-state index in [4.69, 9.17) is 17.4 Å². The summed E-state index contributed by atoms with van der Waals surface area (Å²) < 4.78 is 35.6. The smallest absolute Gasteiger partial charge is 0.147 e. The van der Waals surface area contributed by atoms with Gasteiger partial charge in [-0.1, -0.05) is 11.6 Å². The van der Waals surface area contributed by atoms with Gasteiger partial charge in [0.15, 0.2) is 0 Å². The molecule has 3 N–H and O–H groups in total. The molecule has 0 saturated carbocycles. The van der Waals surface area contributed by atoms with E-state index in [1.54, 1.807) is 0 Å². The van der Waals surface area contributed by atoms with Crippen LogP contribution in [0.15, 0.2) is 18.2 Å². The van der Waals surface area contributed by atoms with Crippen LogP contribution in [0.4, 0.5) is 4.39 Å². The summed E-state index contributed by atoms with van der Waals surface area (Å²) in [5.74, 6) is 5.00. The van der Waals surface area contributed by atoms with Gasteiger partial charge in [0.25, 0.3) is 0 Å². The Bertz CT molecular complexity index is 508. The van der Waals surface area contributed by atoms with Crippen molar-refractivity contribution in [2.75, 3.05) is 12.0 Å². The lowest BCUT2D eigenvalue weighted by atomic mass is 10.0. The van der Waals surface area contributed by atoms with E-state index in [-0.39, 0.29) is 5.75 Å². The summed E-state index contributed by atoms with van der Waals surface area (Å²) in [7, 11) is -3.02. The van der Waals surface area contributed by atoms with E-state index in [1.165, 1.54) is 18.2 Å². The molecule has 0 bridgehead atoms. The molecule has 0 aliphatic carbocycles. The summed E-state index contributed by atoms with van der Waals surface area (Å²) in [4.78, 5) is 0. The second-order valence-electron chi connectivity index (χ2n) is 4.16. The number of rotatable bonds is 6. The van der Waals surface area contributed by atoms with Crippen molar-refractivity contribution in [3.63, 3.8) is 0 Å². The fourth-order valence-electron chi connectivity index (χ4n) is 1.66. The molecular formula is C11H16ClFN2O2S. The van der Waals surface area contributed by atoms with Crippen molar-refractivity contribution in [2.45, 2.75) is 18.9 Å². The third-order valence-corrected chi connectivity index (χ3v) is 3.81. The largest absolute Gasteiger partial charge is 0.271 e. The van der Waals surface area contributed by atoms with E-state index in [0.29, 0.717) is 23.4 Å². The van der Waals surface area contributed by atoms with Crippen molar-refractivity contribution in [1.29, 1.82) is 0 Å². The van der Waals surface area contributed by atoms with Gasteiger partial charge in [0, 0.05) is 28.6 Å². The average molecular weight is 295 g/mol. The monoisotopic (exact) mass is 294 g/mol. The van der Waals surface area contributed by atoms with E-state index in [1.807, 2.05) is 0 Å². The Labute approximate surface area is 111 Å². The van der Waals surface area contributed by atoms with Crippen LogP contribution in [0.5, 0.6) is 0 Å². The Morgan fingerprint density at radius 1 is 1.50 bits per heavy atom. The van der Waals surface area contributed by atoms with Crippen molar-refractivity contribution in [3.05, 3.63) is 34.6 Å². The summed E-state index contributed by atoms with van der Waals surface area (Å²) in [5.41, 5.74) is 2.83. The lowest BCUT2D eigenvalue weighted by Crippen LogP contribution is -2.29. The third kappa shape index (κ3) is 4.89. The summed E-state index contributed by atoms with van der Waals surface area (Å²) in [6, 6.07) is 3.75. The van der Waals surface area contributed by atoms with Crippen LogP contribution < -0.4 is 11.3 Å². The topological polar surface area (TPSA) is 72.2 Å². The molecule has 1 aromatic rings. The highest BCUT2D eigenvalue weighted by atomic mass is 35.5. The van der Waals surface area contributed by atoms with Crippen molar-refractivity contribution < 1.29 is 12.8 Å². The SMILES string of the molecule is CS(=O)(=O)CCCC(NN)c1cc(Cl)ccc1F. The molecule has 0 heterocycles. The van der Waals surface area contributed by atoms with Gasteiger partial charge in [0.2, 0.25) is 0 Å². The van der Waals surface area contributed by atoms with Gasteiger partial charge in [-0.25, -0.2) is 12.8 Å². The van der Waals surface area contributed by atoms with Crippen LogP contribution in [0, 0.1) is 5.82 Å². The summed E-state index contributed by atoms with van der Waals surface area (Å²) in [6.45, 7) is 0. The van der Waals surface area contributed by atoms with Crippen molar-refractivity contribution in [3.8, 4) is 0 Å². The Morgan fingerprint density at radius 2 is 2.17 bits per heavy atom. The van der Waals surface area contributed by atoms with Gasteiger partial charge in [-0.3, -0.25) is 11.3 Å². The number of hydrogen-bond donors (Lipinski definition) is 2. The van der Waals surface area contributed by atoms with Crippen molar-refractivity contribution in [2.24, 2.45) is 5.84 Å². The van der Waals surface area contributed by atoms with Gasteiger partial charge >= 0.3 is 0 Å². The molecule has 0 amide bonds. The molecule has 18 heavy (non-hydrogen) atoms. The van der Waals surface area contributed by atoms with Crippen molar-refractivity contribution in [1.82, 2.24) is 5.43 Å². The van der Waals surface area contributed by atoms with Gasteiger partial charge in [-0.15, -0.1) is 0 Å². The first kappa shape index (κ1) is 15.4. The van der Waals surface area contributed by atoms with Crippen LogP contribution in [0.25, 0.3) is 0 Å². The van der Waals surface area contributed by atoms with Gasteiger partial charge in [-0.2, -0.15) is 0 Å². The maximum Gasteiger partial charge on any atom is 0.147 e. The molecule has 102 valence electrons. The highest BCUT2D eigenvalue weighted by Gasteiger charge is 2.15. The third-order valence-electron chi connectivity index (χ3n) is 2.54. The highest BCUT2D eigenvalue weighted by molar-refractivity contribution is 7.90. The number of sulfone groups is 1. The quantitative estimate of drug-likeness (QED) is 0.620. The number of benzene rings is 1. The molecule has 1 rings (SSSR count). The maximum absolute atomic E-state index is 13.6. The van der Waals surface area contributed by atoms with Gasteiger partial charge in [0.1, 0.15) is 15.7 Å². The van der Waals surface area contributed by atoms with Crippen LogP contribution in [0.3, 0.4) is 0 Å². The molecule has 0 aliphatic heterocycles. The zero-order valence-electron chi connectivity index (χ0n) is 9.99. The van der Waals surface area contributed by atoms with Gasteiger partial charge < -0.3 is 0 Å². The molecule has 0 radical (unpaired) electrons. The van der Waals surface area contributed by atoms with E-state index in [9.17, 15) is 12.8 Å². The molecule has 0 spiro atoms. The molecule has 1 aromatic carbocycles. The molecule has 0 saturated heterocycles. The number of hydrazine groups is 1. The standard InChI is InChI=1S/C11H16ClFN2O2S/c1-18(16,17)6-2-3-11(15-14)9-7-8(12)4-5-10(9)13/h4-5,7,11,15H,2-3,6,14H2,1H3. The zero-order chi connectivity index (χ0) is 13.8. The summed E-state index contributed by atoms with van der Waals surface area (Å²) in [5, 5.41) is 0.412. The van der Waals surface area contributed by atoms with Crippen LogP contribution in [-0.2, 0) is 9.84 Å². The lowest BCUT2D eigenvalue weighted by molar-refractivity contribution is 0.480. The van der Waals surface area contributed by atoms with E-state index in [2.05, 4.69) is 5.43 Å². The Kier molecular flexibility index (Phi) is 5.52. The second kappa shape index (κ2) is 6.47. The first-order valence-corrected chi connectivity index (χ1v) is 7.86. The summed E-state index contributed by atoms with van der Waals surface area (Å²) in [6.07, 6.45) is 1.98. The molecule has 1 atom stereocenters. The van der Waals surface area contributed by atoms with Crippen LogP contribution in [-0.4, -0.2) is 20.4 Å². The Balaban J connectivity index is 2.74. The van der Waals surface area contributed by atoms with Gasteiger partial charge in [-0.05, 0) is 31.0 Å². The minimum Gasteiger partial charge on any atom is -0.271 e. The molecule has 0 aromatic heterocycles. The highest BCUT2D eigenvalue weighted by Crippen LogP contribution is 2.24. The number of hydrogen-bond acceptors (Lipinski definition) is 4. The van der Waals surface area contributed by atoms with E-state index in [0.717, 1.165) is 6.26 Å². The molecule has 0 fully saturated rings. The van der Waals surface area contributed by atoms with Crippen LogP contribution >= 0.6 is 11.6 Å². The molecule has 1 unspecified atom stereocenters. The summed E-state index contributed by atoms with van der Waals surface area (Å²) >= 11 is 5.79. The van der Waals surface area contributed by atoms with Gasteiger partial charge in [0.05, 0.1) is 0 Å². The fraction of sp³-hybridized carbons (Fsp3) is 0.455. The Hall–Kier alpha value is -0.690. The molecule has 7 heteroatoms. The predicted octanol–water partition coefficient (Wildman–Crippen LogP) is 1.81. The Morgan fingerprint density at radius 3 is 2.72 bits per heavy atom. The molecular weight excluding hydrogens is 279 g/mol. The lowest BCUT2D eigenvalue weighted by Gasteiger charge is -2.17. The average Bonchev–Trinajstić information content (AvgIpc) is 2.27. The predicted molar refractivity (Wildman–Crippen MR) is 70.4 cm³/mol. The first-order chi connectivity index (χ1) is 8.33. The number of nitrogens with two attached hydrogens (primary N) is 1. The normalized spacial score (nSPS) is 13.6. The zero-order valence-corrected chi connectivity index (χ0v) is 11.6. The maximum atomic E-state index is 13.6. The molecule has 0 aliphatic rings.